The summed E-state index contributed by atoms with van der Waals surface area (Å²) in [5.74, 6) is 0.682. The van der Waals surface area contributed by atoms with Crippen LogP contribution in [0.4, 0.5) is 17.1 Å². The first-order valence-electron chi connectivity index (χ1n) is 23.4. The number of para-hydroxylation sites is 5. The Kier molecular flexibility index (Phi) is 9.76. The van der Waals surface area contributed by atoms with Crippen molar-refractivity contribution in [3.8, 4) is 56.3 Å². The number of hydrogen-bond donors (Lipinski definition) is 0. The number of fused-ring (bicyclic) bond motifs is 6. The van der Waals surface area contributed by atoms with E-state index in [0.717, 1.165) is 67.5 Å². The summed E-state index contributed by atoms with van der Waals surface area (Å²) in [6.45, 7) is 0. The molecule has 13 rings (SSSR count). The average Bonchev–Trinajstić information content (AvgIpc) is 3.95. The number of anilines is 3. The first-order chi connectivity index (χ1) is 34.2. The largest absolute Gasteiger partial charge is 0.309 e. The van der Waals surface area contributed by atoms with E-state index in [-0.39, 0.29) is 0 Å². The fourth-order valence-corrected chi connectivity index (χ4v) is 10.2. The molecule has 3 heterocycles. The van der Waals surface area contributed by atoms with Gasteiger partial charge in [0.15, 0.2) is 5.82 Å². The van der Waals surface area contributed by atoms with Crippen molar-refractivity contribution in [2.24, 2.45) is 0 Å². The molecule has 10 aromatic carbocycles. The molecule has 0 saturated heterocycles. The molecule has 0 saturated carbocycles. The van der Waals surface area contributed by atoms with Crippen molar-refractivity contribution in [3.05, 3.63) is 261 Å². The van der Waals surface area contributed by atoms with Crippen LogP contribution in [0.2, 0.25) is 0 Å². The topological polar surface area (TPSA) is 38.9 Å². The summed E-state index contributed by atoms with van der Waals surface area (Å²) in [6.07, 6.45) is 1.97. The lowest BCUT2D eigenvalue weighted by Gasteiger charge is -2.27. The molecule has 0 unspecified atom stereocenters. The molecule has 324 valence electrons. The molecule has 0 radical (unpaired) electrons. The predicted octanol–water partition coefficient (Wildman–Crippen LogP) is 16.8. The number of nitrogens with zero attached hydrogens (tertiary/aromatic N) is 5. The SMILES string of the molecule is c1ccc(-c2ncc(N(c3ccccc3)c3ccc(-c4cc(-c5ccc6c(c5)c5ccccc5n6-c5ccccc5)cc(-n5c6ccccc6c6ccccc65)c4)cc3)c(-c3ccccc3)n2)cc1. The van der Waals surface area contributed by atoms with Gasteiger partial charge in [0.05, 0.1) is 39.6 Å². The normalized spacial score (nSPS) is 11.5. The molecule has 13 aromatic rings. The second-order valence-electron chi connectivity index (χ2n) is 17.4. The van der Waals surface area contributed by atoms with Crippen LogP contribution in [0.3, 0.4) is 0 Å². The van der Waals surface area contributed by atoms with Crippen molar-refractivity contribution in [2.75, 3.05) is 4.90 Å². The third-order valence-electron chi connectivity index (χ3n) is 13.3. The van der Waals surface area contributed by atoms with Gasteiger partial charge in [-0.1, -0.05) is 170 Å². The van der Waals surface area contributed by atoms with E-state index in [1.807, 2.05) is 30.5 Å². The Bertz CT molecular complexity index is 3940. The van der Waals surface area contributed by atoms with E-state index in [9.17, 15) is 0 Å². The summed E-state index contributed by atoms with van der Waals surface area (Å²) < 4.78 is 4.80. The summed E-state index contributed by atoms with van der Waals surface area (Å²) in [6, 6.07) is 90.9. The lowest BCUT2D eigenvalue weighted by atomic mass is 9.96. The Morgan fingerprint density at radius 3 is 1.39 bits per heavy atom. The van der Waals surface area contributed by atoms with Gasteiger partial charge in [-0.2, -0.15) is 0 Å². The molecule has 0 bridgehead atoms. The van der Waals surface area contributed by atoms with E-state index in [0.29, 0.717) is 5.82 Å². The summed E-state index contributed by atoms with van der Waals surface area (Å²) in [4.78, 5) is 12.5. The molecular weight excluding hydrogens is 839 g/mol. The molecule has 5 heteroatoms. The molecule has 0 amide bonds. The van der Waals surface area contributed by atoms with Crippen LogP contribution in [0.15, 0.2) is 261 Å². The van der Waals surface area contributed by atoms with Gasteiger partial charge in [-0.15, -0.1) is 0 Å². The molecule has 0 N–H and O–H groups in total. The van der Waals surface area contributed by atoms with Crippen LogP contribution in [-0.2, 0) is 0 Å². The van der Waals surface area contributed by atoms with Crippen LogP contribution in [0.25, 0.3) is 99.9 Å². The van der Waals surface area contributed by atoms with Gasteiger partial charge in [0, 0.05) is 55.4 Å². The van der Waals surface area contributed by atoms with Crippen molar-refractivity contribution in [1.29, 1.82) is 0 Å². The Morgan fingerprint density at radius 1 is 0.304 bits per heavy atom. The quantitative estimate of drug-likeness (QED) is 0.145. The standard InChI is InChI=1S/C64H43N5/c1-5-19-45(20-6-1)63-62(43-65-64(66-63)46-21-7-2-8-22-46)67(50-23-9-3-10-24-50)52-36-33-44(34-37-52)48-39-49(41-53(40-48)69-58-30-16-13-27-54(58)55-28-14-17-31-59(55)69)47-35-38-61-57(42-47)56-29-15-18-32-60(56)68(61)51-25-11-4-12-26-51/h1-43H. The number of hydrogen-bond acceptors (Lipinski definition) is 3. The predicted molar refractivity (Wildman–Crippen MR) is 287 cm³/mol. The maximum atomic E-state index is 5.26. The van der Waals surface area contributed by atoms with Crippen LogP contribution < -0.4 is 4.90 Å². The van der Waals surface area contributed by atoms with E-state index in [1.54, 1.807) is 0 Å². The Morgan fingerprint density at radius 2 is 0.768 bits per heavy atom. The zero-order valence-electron chi connectivity index (χ0n) is 37.6. The molecule has 0 aliphatic carbocycles. The first kappa shape index (κ1) is 40.0. The highest BCUT2D eigenvalue weighted by atomic mass is 15.2. The van der Waals surface area contributed by atoms with Crippen LogP contribution in [0.5, 0.6) is 0 Å². The lowest BCUT2D eigenvalue weighted by Crippen LogP contribution is -2.13. The number of rotatable bonds is 9. The molecule has 0 aliphatic rings. The number of aromatic nitrogens is 4. The molecule has 0 spiro atoms. The van der Waals surface area contributed by atoms with Gasteiger partial charge in [0.2, 0.25) is 0 Å². The minimum absolute atomic E-state index is 0.682. The van der Waals surface area contributed by atoms with Crippen LogP contribution >= 0.6 is 0 Å². The lowest BCUT2D eigenvalue weighted by molar-refractivity contribution is 1.14. The van der Waals surface area contributed by atoms with Gasteiger partial charge in [-0.25, -0.2) is 9.97 Å². The number of benzene rings is 10. The maximum absolute atomic E-state index is 5.26. The minimum Gasteiger partial charge on any atom is -0.309 e. The van der Waals surface area contributed by atoms with Crippen LogP contribution in [0, 0.1) is 0 Å². The van der Waals surface area contributed by atoms with Gasteiger partial charge in [-0.05, 0) is 107 Å². The van der Waals surface area contributed by atoms with Crippen molar-refractivity contribution in [3.63, 3.8) is 0 Å². The highest BCUT2D eigenvalue weighted by Gasteiger charge is 2.22. The second-order valence-corrected chi connectivity index (χ2v) is 17.4. The molecule has 0 atom stereocenters. The van der Waals surface area contributed by atoms with E-state index in [1.165, 1.54) is 43.6 Å². The van der Waals surface area contributed by atoms with Crippen molar-refractivity contribution in [2.45, 2.75) is 0 Å². The summed E-state index contributed by atoms with van der Waals surface area (Å²) in [5.41, 5.74) is 17.2. The molecule has 69 heavy (non-hydrogen) atoms. The van der Waals surface area contributed by atoms with E-state index in [4.69, 9.17) is 9.97 Å². The summed E-state index contributed by atoms with van der Waals surface area (Å²) in [7, 11) is 0. The second kappa shape index (κ2) is 16.8. The third-order valence-corrected chi connectivity index (χ3v) is 13.3. The Balaban J connectivity index is 0.986. The highest BCUT2D eigenvalue weighted by molar-refractivity contribution is 6.11. The minimum atomic E-state index is 0.682. The Hall–Kier alpha value is -9.32. The molecular formula is C64H43N5. The molecule has 0 aliphatic heterocycles. The van der Waals surface area contributed by atoms with E-state index in [2.05, 4.69) is 245 Å². The van der Waals surface area contributed by atoms with Crippen molar-refractivity contribution in [1.82, 2.24) is 19.1 Å². The monoisotopic (exact) mass is 881 g/mol. The van der Waals surface area contributed by atoms with E-state index < -0.39 is 0 Å². The van der Waals surface area contributed by atoms with Gasteiger partial charge in [0.25, 0.3) is 0 Å². The average molecular weight is 882 g/mol. The zero-order chi connectivity index (χ0) is 45.7. The van der Waals surface area contributed by atoms with Gasteiger partial charge >= 0.3 is 0 Å². The van der Waals surface area contributed by atoms with E-state index >= 15 is 0 Å². The fraction of sp³-hybridized carbons (Fsp3) is 0. The van der Waals surface area contributed by atoms with Gasteiger partial charge in [0.1, 0.15) is 0 Å². The fourth-order valence-electron chi connectivity index (χ4n) is 10.2. The highest BCUT2D eigenvalue weighted by Crippen LogP contribution is 2.43. The first-order valence-corrected chi connectivity index (χ1v) is 23.4. The molecule has 0 fully saturated rings. The van der Waals surface area contributed by atoms with Crippen LogP contribution in [-0.4, -0.2) is 19.1 Å². The Labute approximate surface area is 400 Å². The summed E-state index contributed by atoms with van der Waals surface area (Å²) >= 11 is 0. The third kappa shape index (κ3) is 7.04. The van der Waals surface area contributed by atoms with Crippen molar-refractivity contribution >= 4 is 60.7 Å². The van der Waals surface area contributed by atoms with Gasteiger partial charge in [-0.3, -0.25) is 0 Å². The summed E-state index contributed by atoms with van der Waals surface area (Å²) in [5, 5.41) is 4.91. The van der Waals surface area contributed by atoms with Crippen molar-refractivity contribution < 1.29 is 0 Å². The van der Waals surface area contributed by atoms with Crippen LogP contribution in [0.1, 0.15) is 0 Å². The van der Waals surface area contributed by atoms with Gasteiger partial charge < -0.3 is 14.0 Å². The smallest absolute Gasteiger partial charge is 0.159 e. The zero-order valence-corrected chi connectivity index (χ0v) is 37.6. The molecule has 3 aromatic heterocycles. The molecule has 5 nitrogen and oxygen atoms in total. The maximum Gasteiger partial charge on any atom is 0.159 e.